The average Bonchev–Trinajstić information content (AvgIpc) is 2.33. The van der Waals surface area contributed by atoms with E-state index in [4.69, 9.17) is 10.5 Å². The van der Waals surface area contributed by atoms with E-state index in [0.717, 1.165) is 11.4 Å². The summed E-state index contributed by atoms with van der Waals surface area (Å²) in [7, 11) is 0. The second-order valence-electron chi connectivity index (χ2n) is 5.11. The molecule has 0 saturated heterocycles. The number of anilines is 1. The maximum atomic E-state index is 11.4. The quantitative estimate of drug-likeness (QED) is 0.702. The highest BCUT2D eigenvalue weighted by atomic mass is 16.6. The molecule has 1 aromatic heterocycles. The molecule has 0 unspecified atom stereocenters. The van der Waals surface area contributed by atoms with Crippen LogP contribution in [0.5, 0.6) is 0 Å². The molecule has 0 saturated carbocycles. The van der Waals surface area contributed by atoms with Gasteiger partial charge in [0.05, 0.1) is 0 Å². The second kappa shape index (κ2) is 6.94. The first-order valence-electron chi connectivity index (χ1n) is 6.26. The van der Waals surface area contributed by atoms with Crippen LogP contribution in [0.3, 0.4) is 0 Å². The number of carbonyl (C=O) groups is 1. The highest BCUT2D eigenvalue weighted by Crippen LogP contribution is 2.06. The third-order valence-electron chi connectivity index (χ3n) is 2.16. The Morgan fingerprint density at radius 2 is 2.11 bits per heavy atom. The molecular weight excluding hydrogens is 244 g/mol. The Morgan fingerprint density at radius 1 is 1.37 bits per heavy atom. The van der Waals surface area contributed by atoms with E-state index < -0.39 is 11.7 Å². The van der Waals surface area contributed by atoms with E-state index in [1.165, 1.54) is 0 Å². The molecule has 106 valence electrons. The molecule has 0 aliphatic heterocycles. The van der Waals surface area contributed by atoms with Gasteiger partial charge in [0.2, 0.25) is 0 Å². The van der Waals surface area contributed by atoms with Gasteiger partial charge in [0, 0.05) is 25.8 Å². The van der Waals surface area contributed by atoms with Crippen LogP contribution < -0.4 is 16.4 Å². The second-order valence-corrected chi connectivity index (χ2v) is 5.11. The van der Waals surface area contributed by atoms with Crippen molar-refractivity contribution in [3.63, 3.8) is 0 Å². The van der Waals surface area contributed by atoms with Crippen molar-refractivity contribution in [1.29, 1.82) is 0 Å². The van der Waals surface area contributed by atoms with Crippen molar-refractivity contribution in [2.75, 3.05) is 18.4 Å². The van der Waals surface area contributed by atoms with Crippen molar-refractivity contribution >= 4 is 11.9 Å². The molecule has 0 fully saturated rings. The van der Waals surface area contributed by atoms with E-state index in [0.29, 0.717) is 19.6 Å². The van der Waals surface area contributed by atoms with Gasteiger partial charge in [-0.3, -0.25) is 0 Å². The van der Waals surface area contributed by atoms with E-state index in [1.807, 2.05) is 32.9 Å². The summed E-state index contributed by atoms with van der Waals surface area (Å²) in [6.45, 7) is 7.01. The molecule has 1 aromatic rings. The number of pyridine rings is 1. The smallest absolute Gasteiger partial charge is 0.407 e. The summed E-state index contributed by atoms with van der Waals surface area (Å²) >= 11 is 0. The van der Waals surface area contributed by atoms with Crippen LogP contribution in [0.4, 0.5) is 10.6 Å². The van der Waals surface area contributed by atoms with Gasteiger partial charge in [-0.2, -0.15) is 0 Å². The lowest BCUT2D eigenvalue weighted by Crippen LogP contribution is -2.35. The van der Waals surface area contributed by atoms with E-state index in [1.54, 1.807) is 6.20 Å². The first kappa shape index (κ1) is 15.2. The molecule has 0 aliphatic carbocycles. The molecule has 1 amide bonds. The number of rotatable bonds is 5. The van der Waals surface area contributed by atoms with Gasteiger partial charge in [-0.1, -0.05) is 6.07 Å². The summed E-state index contributed by atoms with van der Waals surface area (Å²) in [6, 6.07) is 3.77. The highest BCUT2D eigenvalue weighted by molar-refractivity contribution is 5.67. The van der Waals surface area contributed by atoms with Gasteiger partial charge in [0.1, 0.15) is 11.4 Å². The first-order valence-corrected chi connectivity index (χ1v) is 6.26. The standard InChI is InChI=1S/C13H22N4O2/c1-13(2,3)19-12(18)16-7-6-15-11-5-4-10(8-14)9-17-11/h4-5,9H,6-8,14H2,1-3H3,(H,15,17)(H,16,18). The van der Waals surface area contributed by atoms with Crippen LogP contribution in [0.2, 0.25) is 0 Å². The lowest BCUT2D eigenvalue weighted by Gasteiger charge is -2.19. The molecule has 1 heterocycles. The summed E-state index contributed by atoms with van der Waals surface area (Å²) in [5, 5.41) is 5.75. The first-order chi connectivity index (χ1) is 8.90. The SMILES string of the molecule is CC(C)(C)OC(=O)NCCNc1ccc(CN)cn1. The zero-order valence-corrected chi connectivity index (χ0v) is 11.7. The molecule has 0 bridgehead atoms. The number of nitrogens with one attached hydrogen (secondary N) is 2. The average molecular weight is 266 g/mol. The summed E-state index contributed by atoms with van der Waals surface area (Å²) < 4.78 is 5.11. The number of hydrogen-bond acceptors (Lipinski definition) is 5. The predicted molar refractivity (Wildman–Crippen MR) is 74.9 cm³/mol. The molecular formula is C13H22N4O2. The van der Waals surface area contributed by atoms with Gasteiger partial charge in [0.25, 0.3) is 0 Å². The number of ether oxygens (including phenoxy) is 1. The number of amides is 1. The molecule has 0 atom stereocenters. The zero-order chi connectivity index (χ0) is 14.3. The topological polar surface area (TPSA) is 89.3 Å². The predicted octanol–water partition coefficient (Wildman–Crippen LogP) is 1.48. The Morgan fingerprint density at radius 3 is 2.63 bits per heavy atom. The fourth-order valence-electron chi connectivity index (χ4n) is 1.32. The van der Waals surface area contributed by atoms with Crippen LogP contribution >= 0.6 is 0 Å². The normalized spacial score (nSPS) is 10.9. The Kier molecular flexibility index (Phi) is 5.57. The van der Waals surface area contributed by atoms with Crippen molar-refractivity contribution in [3.05, 3.63) is 23.9 Å². The highest BCUT2D eigenvalue weighted by Gasteiger charge is 2.15. The van der Waals surface area contributed by atoms with Crippen LogP contribution in [-0.2, 0) is 11.3 Å². The Labute approximate surface area is 113 Å². The van der Waals surface area contributed by atoms with Crippen molar-refractivity contribution in [3.8, 4) is 0 Å². The van der Waals surface area contributed by atoms with Crippen molar-refractivity contribution in [2.45, 2.75) is 32.9 Å². The van der Waals surface area contributed by atoms with Gasteiger partial charge in [-0.25, -0.2) is 9.78 Å². The van der Waals surface area contributed by atoms with Crippen molar-refractivity contribution < 1.29 is 9.53 Å². The molecule has 6 heteroatoms. The van der Waals surface area contributed by atoms with Crippen molar-refractivity contribution in [1.82, 2.24) is 10.3 Å². The maximum Gasteiger partial charge on any atom is 0.407 e. The van der Waals surface area contributed by atoms with Crippen LogP contribution in [0.25, 0.3) is 0 Å². The maximum absolute atomic E-state index is 11.4. The summed E-state index contributed by atoms with van der Waals surface area (Å²) in [6.07, 6.45) is 1.31. The molecule has 0 spiro atoms. The number of nitrogens with two attached hydrogens (primary N) is 1. The number of nitrogens with zero attached hydrogens (tertiary/aromatic N) is 1. The molecule has 6 nitrogen and oxygen atoms in total. The number of alkyl carbamates (subject to hydrolysis) is 1. The minimum atomic E-state index is -0.475. The van der Waals surface area contributed by atoms with Gasteiger partial charge < -0.3 is 21.1 Å². The summed E-state index contributed by atoms with van der Waals surface area (Å²) in [5.74, 6) is 0.753. The van der Waals surface area contributed by atoms with Crippen LogP contribution in [-0.4, -0.2) is 29.8 Å². The van der Waals surface area contributed by atoms with E-state index in [-0.39, 0.29) is 0 Å². The lowest BCUT2D eigenvalue weighted by atomic mass is 10.2. The zero-order valence-electron chi connectivity index (χ0n) is 11.7. The fraction of sp³-hybridized carbons (Fsp3) is 0.538. The Bertz CT molecular complexity index is 398. The van der Waals surface area contributed by atoms with Crippen LogP contribution in [0.1, 0.15) is 26.3 Å². The van der Waals surface area contributed by atoms with Gasteiger partial charge in [-0.05, 0) is 32.4 Å². The van der Waals surface area contributed by atoms with Crippen LogP contribution in [0, 0.1) is 0 Å². The van der Waals surface area contributed by atoms with Gasteiger partial charge in [-0.15, -0.1) is 0 Å². The summed E-state index contributed by atoms with van der Waals surface area (Å²) in [5.41, 5.74) is 5.99. The number of aromatic nitrogens is 1. The number of carbonyl (C=O) groups excluding carboxylic acids is 1. The third-order valence-corrected chi connectivity index (χ3v) is 2.16. The van der Waals surface area contributed by atoms with Gasteiger partial charge >= 0.3 is 6.09 Å². The lowest BCUT2D eigenvalue weighted by molar-refractivity contribution is 0.0530. The largest absolute Gasteiger partial charge is 0.444 e. The number of hydrogen-bond donors (Lipinski definition) is 3. The van der Waals surface area contributed by atoms with E-state index >= 15 is 0 Å². The molecule has 1 rings (SSSR count). The Balaban J connectivity index is 2.21. The molecule has 4 N–H and O–H groups in total. The summed E-state index contributed by atoms with van der Waals surface area (Å²) in [4.78, 5) is 15.6. The Hall–Kier alpha value is -1.82. The minimum Gasteiger partial charge on any atom is -0.444 e. The monoisotopic (exact) mass is 266 g/mol. The molecule has 0 radical (unpaired) electrons. The minimum absolute atomic E-state index is 0.416. The van der Waals surface area contributed by atoms with Gasteiger partial charge in [0.15, 0.2) is 0 Å². The molecule has 0 aliphatic rings. The van der Waals surface area contributed by atoms with Crippen LogP contribution in [0.15, 0.2) is 18.3 Å². The van der Waals surface area contributed by atoms with E-state index in [2.05, 4.69) is 15.6 Å². The van der Waals surface area contributed by atoms with E-state index in [9.17, 15) is 4.79 Å². The van der Waals surface area contributed by atoms with Crippen molar-refractivity contribution in [2.24, 2.45) is 5.73 Å². The molecule has 0 aromatic carbocycles. The third kappa shape index (κ3) is 6.61. The molecule has 19 heavy (non-hydrogen) atoms. The fourth-order valence-corrected chi connectivity index (χ4v) is 1.32.